The molecule has 1 fully saturated rings. The average Bonchev–Trinajstić information content (AvgIpc) is 3.14. The van der Waals surface area contributed by atoms with Gasteiger partial charge in [-0.1, -0.05) is 152 Å². The Morgan fingerprint density at radius 3 is 0.723 bits per heavy atom. The van der Waals surface area contributed by atoms with E-state index in [1.54, 1.807) is 0 Å². The molecule has 47 heavy (non-hydrogen) atoms. The molecular weight excluding hydrogens is 588 g/mol. The number of hydrogen-bond donors (Lipinski definition) is 1. The molecule has 6 nitrogen and oxygen atoms in total. The Balaban J connectivity index is 1.35. The first-order chi connectivity index (χ1) is 23.2. The Labute approximate surface area is 277 Å². The van der Waals surface area contributed by atoms with Crippen LogP contribution in [0.4, 0.5) is 0 Å². The lowest BCUT2D eigenvalue weighted by atomic mass is 9.83. The Morgan fingerprint density at radius 2 is 0.489 bits per heavy atom. The van der Waals surface area contributed by atoms with Crippen LogP contribution in [0.5, 0.6) is 0 Å². The van der Waals surface area contributed by atoms with Gasteiger partial charge in [-0.15, -0.1) is 0 Å². The fourth-order valence-electron chi connectivity index (χ4n) is 5.93. The molecule has 0 spiro atoms. The number of ether oxygens (including phenoxy) is 5. The molecule has 6 atom stereocenters. The van der Waals surface area contributed by atoms with Crippen molar-refractivity contribution in [3.63, 3.8) is 0 Å². The minimum Gasteiger partial charge on any atom is -0.387 e. The predicted octanol–water partition coefficient (Wildman–Crippen LogP) is 7.29. The minimum atomic E-state index is -1.07. The van der Waals surface area contributed by atoms with E-state index in [9.17, 15) is 5.11 Å². The van der Waals surface area contributed by atoms with Gasteiger partial charge in [0.25, 0.3) is 0 Å². The zero-order chi connectivity index (χ0) is 32.1. The smallest absolute Gasteiger partial charge is 0.116 e. The second-order valence-corrected chi connectivity index (χ2v) is 11.8. The van der Waals surface area contributed by atoms with E-state index < -0.39 is 36.6 Å². The van der Waals surface area contributed by atoms with Crippen LogP contribution in [0.3, 0.4) is 0 Å². The third-order valence-electron chi connectivity index (χ3n) is 8.39. The maximum atomic E-state index is 12.2. The number of rotatable bonds is 15. The van der Waals surface area contributed by atoms with Gasteiger partial charge in [-0.2, -0.15) is 0 Å². The fraction of sp³-hybridized carbons (Fsp3) is 0.268. The molecule has 0 aliphatic heterocycles. The van der Waals surface area contributed by atoms with Crippen molar-refractivity contribution >= 4 is 0 Å². The molecule has 0 saturated heterocycles. The molecule has 0 heterocycles. The summed E-state index contributed by atoms with van der Waals surface area (Å²) in [6, 6.07) is 49.9. The van der Waals surface area contributed by atoms with Crippen LogP contribution < -0.4 is 0 Å². The highest BCUT2D eigenvalue weighted by atomic mass is 16.6. The van der Waals surface area contributed by atoms with Crippen molar-refractivity contribution in [2.24, 2.45) is 0 Å². The standard InChI is InChI=1S/C41H42O6/c42-36-37(43-26-31-16-6-1-7-17-31)39(45-28-33-20-10-3-11-21-33)41(47-30-35-24-14-5-15-25-35)40(46-29-34-22-12-4-13-23-34)38(36)44-27-32-18-8-2-9-19-32/h1-25,36-42H,26-30H2/t36?,37-,38+,39-,40+,41?. The van der Waals surface area contributed by atoms with Crippen LogP contribution in [0.2, 0.25) is 0 Å². The highest BCUT2D eigenvalue weighted by Gasteiger charge is 2.54. The molecule has 6 rings (SSSR count). The van der Waals surface area contributed by atoms with E-state index in [2.05, 4.69) is 0 Å². The Kier molecular flexibility index (Phi) is 12.0. The number of hydrogen-bond acceptors (Lipinski definition) is 6. The molecule has 5 aromatic carbocycles. The van der Waals surface area contributed by atoms with Gasteiger partial charge in [0.2, 0.25) is 0 Å². The maximum absolute atomic E-state index is 12.2. The third kappa shape index (κ3) is 9.24. The second-order valence-electron chi connectivity index (χ2n) is 11.8. The Hall–Kier alpha value is -4.14. The summed E-state index contributed by atoms with van der Waals surface area (Å²) in [7, 11) is 0. The highest BCUT2D eigenvalue weighted by Crippen LogP contribution is 2.35. The molecule has 242 valence electrons. The number of benzene rings is 5. The van der Waals surface area contributed by atoms with Crippen molar-refractivity contribution in [2.45, 2.75) is 69.7 Å². The van der Waals surface area contributed by atoms with Gasteiger partial charge in [-0.3, -0.25) is 0 Å². The summed E-state index contributed by atoms with van der Waals surface area (Å²) in [6.45, 7) is 1.54. The second kappa shape index (κ2) is 17.1. The van der Waals surface area contributed by atoms with Crippen molar-refractivity contribution in [2.75, 3.05) is 0 Å². The van der Waals surface area contributed by atoms with Gasteiger partial charge in [-0.25, -0.2) is 0 Å². The van der Waals surface area contributed by atoms with E-state index >= 15 is 0 Å². The summed E-state index contributed by atoms with van der Waals surface area (Å²) < 4.78 is 33.3. The molecule has 0 bridgehead atoms. The van der Waals surface area contributed by atoms with E-state index in [0.29, 0.717) is 33.0 Å². The molecule has 5 aromatic rings. The van der Waals surface area contributed by atoms with E-state index in [1.807, 2.05) is 152 Å². The van der Waals surface area contributed by atoms with Gasteiger partial charge in [0, 0.05) is 0 Å². The van der Waals surface area contributed by atoms with Crippen LogP contribution in [0.1, 0.15) is 27.8 Å². The molecule has 1 N–H and O–H groups in total. The molecule has 1 saturated carbocycles. The molecule has 2 unspecified atom stereocenters. The first-order valence-electron chi connectivity index (χ1n) is 16.2. The Bertz CT molecular complexity index is 1470. The van der Waals surface area contributed by atoms with Crippen molar-refractivity contribution in [3.8, 4) is 0 Å². The molecule has 1 aliphatic carbocycles. The maximum Gasteiger partial charge on any atom is 0.116 e. The van der Waals surface area contributed by atoms with Crippen molar-refractivity contribution in [1.29, 1.82) is 0 Å². The van der Waals surface area contributed by atoms with Gasteiger partial charge in [0.05, 0.1) is 33.0 Å². The summed E-state index contributed by atoms with van der Waals surface area (Å²) in [5.74, 6) is 0. The SMILES string of the molecule is OC1[C@@H](OCc2ccccc2)[C@@H](OCc2ccccc2)C(OCc2ccccc2)[C@@H](OCc2ccccc2)[C@H]1OCc1ccccc1. The topological polar surface area (TPSA) is 66.4 Å². The molecule has 1 aliphatic rings. The van der Waals surface area contributed by atoms with Gasteiger partial charge >= 0.3 is 0 Å². The van der Waals surface area contributed by atoms with Crippen LogP contribution in [-0.2, 0) is 56.7 Å². The van der Waals surface area contributed by atoms with Gasteiger partial charge in [-0.05, 0) is 27.8 Å². The lowest BCUT2D eigenvalue weighted by Crippen LogP contribution is -2.66. The lowest BCUT2D eigenvalue weighted by Gasteiger charge is -2.48. The molecule has 0 radical (unpaired) electrons. The first-order valence-corrected chi connectivity index (χ1v) is 16.2. The average molecular weight is 631 g/mol. The fourth-order valence-corrected chi connectivity index (χ4v) is 5.93. The lowest BCUT2D eigenvalue weighted by molar-refractivity contribution is -0.283. The van der Waals surface area contributed by atoms with Crippen LogP contribution in [0.25, 0.3) is 0 Å². The minimum absolute atomic E-state index is 0.292. The number of aliphatic hydroxyl groups is 1. The summed E-state index contributed by atoms with van der Waals surface area (Å²) >= 11 is 0. The monoisotopic (exact) mass is 630 g/mol. The molecule has 6 heteroatoms. The summed E-state index contributed by atoms with van der Waals surface area (Å²) in [5, 5.41) is 12.2. The summed E-state index contributed by atoms with van der Waals surface area (Å²) in [6.07, 6.45) is -4.58. The van der Waals surface area contributed by atoms with E-state index in [4.69, 9.17) is 23.7 Å². The summed E-state index contributed by atoms with van der Waals surface area (Å²) in [4.78, 5) is 0. The van der Waals surface area contributed by atoms with Crippen LogP contribution in [-0.4, -0.2) is 41.7 Å². The quantitative estimate of drug-likeness (QED) is 0.131. The molecular formula is C41H42O6. The summed E-state index contributed by atoms with van der Waals surface area (Å²) in [5.41, 5.74) is 5.02. The van der Waals surface area contributed by atoms with E-state index in [1.165, 1.54) is 0 Å². The van der Waals surface area contributed by atoms with Gasteiger partial charge in [0.1, 0.15) is 36.6 Å². The van der Waals surface area contributed by atoms with Gasteiger partial charge < -0.3 is 28.8 Å². The zero-order valence-corrected chi connectivity index (χ0v) is 26.4. The molecule has 0 amide bonds. The predicted molar refractivity (Wildman–Crippen MR) is 181 cm³/mol. The zero-order valence-electron chi connectivity index (χ0n) is 26.4. The number of aliphatic hydroxyl groups excluding tert-OH is 1. The van der Waals surface area contributed by atoms with Crippen LogP contribution >= 0.6 is 0 Å². The van der Waals surface area contributed by atoms with Crippen LogP contribution in [0.15, 0.2) is 152 Å². The van der Waals surface area contributed by atoms with Crippen LogP contribution in [0, 0.1) is 0 Å². The third-order valence-corrected chi connectivity index (χ3v) is 8.39. The van der Waals surface area contributed by atoms with E-state index in [0.717, 1.165) is 27.8 Å². The van der Waals surface area contributed by atoms with Crippen molar-refractivity contribution < 1.29 is 28.8 Å². The normalized spacial score (nSPS) is 22.6. The van der Waals surface area contributed by atoms with Crippen molar-refractivity contribution in [1.82, 2.24) is 0 Å². The largest absolute Gasteiger partial charge is 0.387 e. The van der Waals surface area contributed by atoms with E-state index in [-0.39, 0.29) is 0 Å². The highest BCUT2D eigenvalue weighted by molar-refractivity contribution is 5.18. The Morgan fingerprint density at radius 1 is 0.298 bits per heavy atom. The van der Waals surface area contributed by atoms with Crippen molar-refractivity contribution in [3.05, 3.63) is 179 Å². The molecule has 0 aromatic heterocycles. The van der Waals surface area contributed by atoms with Gasteiger partial charge in [0.15, 0.2) is 0 Å². The first kappa shape index (κ1) is 32.8.